The summed E-state index contributed by atoms with van der Waals surface area (Å²) < 4.78 is 39.7. The van der Waals surface area contributed by atoms with Crippen LogP contribution in [0.2, 0.25) is 0 Å². The molecule has 2 aromatic carbocycles. The lowest BCUT2D eigenvalue weighted by Gasteiger charge is -2.32. The van der Waals surface area contributed by atoms with Crippen LogP contribution in [0.25, 0.3) is 0 Å². The number of hydrogen-bond donors (Lipinski definition) is 2. The number of piperidine rings is 1. The third-order valence-electron chi connectivity index (χ3n) is 6.07. The van der Waals surface area contributed by atoms with Gasteiger partial charge in [0.2, 0.25) is 5.91 Å². The van der Waals surface area contributed by atoms with Gasteiger partial charge in [0.25, 0.3) is 0 Å². The van der Waals surface area contributed by atoms with Gasteiger partial charge in [-0.2, -0.15) is 13.2 Å². The van der Waals surface area contributed by atoms with E-state index in [1.165, 1.54) is 28.7 Å². The summed E-state index contributed by atoms with van der Waals surface area (Å²) in [5.41, 5.74) is 0.0705. The van der Waals surface area contributed by atoms with Gasteiger partial charge in [-0.1, -0.05) is 49.4 Å². The lowest BCUT2D eigenvalue weighted by atomic mass is 10.0. The Morgan fingerprint density at radius 1 is 1.00 bits per heavy atom. The molecule has 1 saturated heterocycles. The molecule has 1 aliphatic rings. The van der Waals surface area contributed by atoms with Gasteiger partial charge in [-0.05, 0) is 37.0 Å². The predicted molar refractivity (Wildman–Crippen MR) is 130 cm³/mol. The molecule has 1 fully saturated rings. The molecule has 6 nitrogen and oxygen atoms in total. The Kier molecular flexibility index (Phi) is 9.54. The molecule has 0 atom stereocenters. The minimum atomic E-state index is -4.57. The number of hydrogen-bond acceptors (Lipinski definition) is 3. The second kappa shape index (κ2) is 12.6. The van der Waals surface area contributed by atoms with Gasteiger partial charge in [-0.25, -0.2) is 4.79 Å². The first-order valence-electron chi connectivity index (χ1n) is 12.0. The molecule has 0 aliphatic carbocycles. The number of carbonyl (C=O) groups excluding carboxylic acids is 2. The average Bonchev–Trinajstić information content (AvgIpc) is 2.83. The molecule has 2 N–H and O–H groups in total. The summed E-state index contributed by atoms with van der Waals surface area (Å²) in [5, 5.41) is 5.41. The molecule has 9 heteroatoms. The number of halogens is 3. The zero-order valence-corrected chi connectivity index (χ0v) is 20.0. The van der Waals surface area contributed by atoms with Gasteiger partial charge in [0.15, 0.2) is 0 Å². The van der Waals surface area contributed by atoms with E-state index in [4.69, 9.17) is 0 Å². The normalized spacial score (nSPS) is 15.0. The number of carbonyl (C=O) groups is 2. The number of para-hydroxylation sites is 1. The van der Waals surface area contributed by atoms with E-state index in [2.05, 4.69) is 27.7 Å². The summed E-state index contributed by atoms with van der Waals surface area (Å²) in [6, 6.07) is 14.6. The highest BCUT2D eigenvalue weighted by atomic mass is 19.4. The molecule has 0 saturated carbocycles. The molecule has 0 spiro atoms. The first-order chi connectivity index (χ1) is 16.8. The first-order valence-corrected chi connectivity index (χ1v) is 12.0. The number of nitrogens with zero attached hydrogens (tertiary/aromatic N) is 2. The Labute approximate surface area is 204 Å². The van der Waals surface area contributed by atoms with Crippen LogP contribution in [-0.2, 0) is 17.5 Å². The van der Waals surface area contributed by atoms with Crippen LogP contribution in [0.15, 0.2) is 54.6 Å². The fourth-order valence-corrected chi connectivity index (χ4v) is 4.23. The fraction of sp³-hybridized carbons (Fsp3) is 0.462. The highest BCUT2D eigenvalue weighted by Crippen LogP contribution is 2.34. The number of urea groups is 1. The second-order valence-corrected chi connectivity index (χ2v) is 8.81. The maximum absolute atomic E-state index is 13.2. The highest BCUT2D eigenvalue weighted by Gasteiger charge is 2.34. The molecule has 1 heterocycles. The van der Waals surface area contributed by atoms with Gasteiger partial charge in [0.1, 0.15) is 0 Å². The fourth-order valence-electron chi connectivity index (χ4n) is 4.23. The van der Waals surface area contributed by atoms with E-state index in [1.807, 2.05) is 25.1 Å². The van der Waals surface area contributed by atoms with Crippen molar-refractivity contribution in [1.29, 1.82) is 0 Å². The van der Waals surface area contributed by atoms with Crippen molar-refractivity contribution in [3.05, 3.63) is 65.7 Å². The second-order valence-electron chi connectivity index (χ2n) is 8.81. The molecule has 0 aromatic heterocycles. The number of benzene rings is 2. The highest BCUT2D eigenvalue weighted by molar-refractivity contribution is 5.90. The van der Waals surface area contributed by atoms with E-state index in [1.54, 1.807) is 0 Å². The van der Waals surface area contributed by atoms with E-state index in [-0.39, 0.29) is 30.6 Å². The zero-order valence-electron chi connectivity index (χ0n) is 20.0. The van der Waals surface area contributed by atoms with Crippen LogP contribution < -0.4 is 10.6 Å². The Hall–Kier alpha value is -3.07. The Morgan fingerprint density at radius 3 is 2.31 bits per heavy atom. The Bertz CT molecular complexity index is 961. The quantitative estimate of drug-likeness (QED) is 0.513. The SMILES string of the molecule is CCCN(CCC(=O)NC1CCN(Cc2ccccc2)CC1)C(=O)Nc1ccccc1C(F)(F)F. The number of nitrogens with one attached hydrogen (secondary N) is 2. The van der Waals surface area contributed by atoms with Crippen molar-refractivity contribution in [3.8, 4) is 0 Å². The lowest BCUT2D eigenvalue weighted by Crippen LogP contribution is -2.45. The van der Waals surface area contributed by atoms with Crippen molar-refractivity contribution in [3.63, 3.8) is 0 Å². The molecule has 35 heavy (non-hydrogen) atoms. The summed E-state index contributed by atoms with van der Waals surface area (Å²) >= 11 is 0. The van der Waals surface area contributed by atoms with Crippen molar-refractivity contribution < 1.29 is 22.8 Å². The smallest absolute Gasteiger partial charge is 0.353 e. The maximum atomic E-state index is 13.2. The molecule has 1 aliphatic heterocycles. The standard InChI is InChI=1S/C26H33F3N4O2/c1-2-15-33(25(35)31-23-11-7-6-10-22(23)26(27,28)29)18-14-24(34)30-21-12-16-32(17-13-21)19-20-8-4-3-5-9-20/h3-11,21H,2,12-19H2,1H3,(H,30,34)(H,31,35). The van der Waals surface area contributed by atoms with Crippen molar-refractivity contribution in [2.45, 2.75) is 51.4 Å². The minimum Gasteiger partial charge on any atom is -0.353 e. The van der Waals surface area contributed by atoms with E-state index >= 15 is 0 Å². The van der Waals surface area contributed by atoms with Crippen LogP contribution in [0.5, 0.6) is 0 Å². The largest absolute Gasteiger partial charge is 0.418 e. The summed E-state index contributed by atoms with van der Waals surface area (Å²) in [4.78, 5) is 29.0. The summed E-state index contributed by atoms with van der Waals surface area (Å²) in [7, 11) is 0. The maximum Gasteiger partial charge on any atom is 0.418 e. The van der Waals surface area contributed by atoms with Gasteiger partial charge in [0, 0.05) is 45.2 Å². The molecule has 0 bridgehead atoms. The average molecular weight is 491 g/mol. The summed E-state index contributed by atoms with van der Waals surface area (Å²) in [6.45, 7) is 5.01. The van der Waals surface area contributed by atoms with Crippen LogP contribution in [-0.4, -0.2) is 54.0 Å². The van der Waals surface area contributed by atoms with Crippen LogP contribution in [0.4, 0.5) is 23.7 Å². The van der Waals surface area contributed by atoms with Crippen molar-refractivity contribution >= 4 is 17.6 Å². The van der Waals surface area contributed by atoms with Gasteiger partial charge in [-0.3, -0.25) is 9.69 Å². The molecular formula is C26H33F3N4O2. The van der Waals surface area contributed by atoms with Gasteiger partial charge >= 0.3 is 12.2 Å². The molecule has 0 radical (unpaired) electrons. The van der Waals surface area contributed by atoms with Crippen molar-refractivity contribution in [2.24, 2.45) is 0 Å². The van der Waals surface area contributed by atoms with Crippen LogP contribution in [0.1, 0.15) is 43.7 Å². The van der Waals surface area contributed by atoms with Crippen LogP contribution >= 0.6 is 0 Å². The van der Waals surface area contributed by atoms with E-state index < -0.39 is 17.8 Å². The number of rotatable bonds is 9. The molecular weight excluding hydrogens is 457 g/mol. The van der Waals surface area contributed by atoms with Gasteiger partial charge < -0.3 is 15.5 Å². The van der Waals surface area contributed by atoms with E-state index in [0.29, 0.717) is 13.0 Å². The topological polar surface area (TPSA) is 64.7 Å². The predicted octanol–water partition coefficient (Wildman–Crippen LogP) is 5.12. The number of likely N-dealkylation sites (tertiary alicyclic amines) is 1. The molecule has 2 aromatic rings. The van der Waals surface area contributed by atoms with Crippen LogP contribution in [0, 0.1) is 0 Å². The van der Waals surface area contributed by atoms with Crippen LogP contribution in [0.3, 0.4) is 0 Å². The number of anilines is 1. The zero-order chi connectivity index (χ0) is 25.3. The Balaban J connectivity index is 1.45. The number of amides is 3. The Morgan fingerprint density at radius 2 is 1.66 bits per heavy atom. The number of alkyl halides is 3. The minimum absolute atomic E-state index is 0.0848. The van der Waals surface area contributed by atoms with Crippen molar-refractivity contribution in [2.75, 3.05) is 31.5 Å². The molecule has 3 rings (SSSR count). The first kappa shape index (κ1) is 26.5. The van der Waals surface area contributed by atoms with E-state index in [9.17, 15) is 22.8 Å². The summed E-state index contributed by atoms with van der Waals surface area (Å²) in [5.74, 6) is -0.156. The third kappa shape index (κ3) is 8.28. The van der Waals surface area contributed by atoms with Gasteiger partial charge in [-0.15, -0.1) is 0 Å². The van der Waals surface area contributed by atoms with E-state index in [0.717, 1.165) is 38.5 Å². The third-order valence-corrected chi connectivity index (χ3v) is 6.07. The van der Waals surface area contributed by atoms with Gasteiger partial charge in [0.05, 0.1) is 11.3 Å². The lowest BCUT2D eigenvalue weighted by molar-refractivity contribution is -0.137. The molecule has 3 amide bonds. The molecule has 0 unspecified atom stereocenters. The van der Waals surface area contributed by atoms with Crippen molar-refractivity contribution in [1.82, 2.24) is 15.1 Å². The summed E-state index contributed by atoms with van der Waals surface area (Å²) in [6.07, 6.45) is -2.15. The monoisotopic (exact) mass is 490 g/mol. The molecule has 190 valence electrons.